The van der Waals surface area contributed by atoms with E-state index in [9.17, 15) is 0 Å². The summed E-state index contributed by atoms with van der Waals surface area (Å²) in [6, 6.07) is 34.0. The molecule has 7 rings (SSSR count). The average Bonchev–Trinajstić information content (AvgIpc) is 3.93. The monoisotopic (exact) mass is 810 g/mol. The highest BCUT2D eigenvalue weighted by Gasteiger charge is 2.37. The van der Waals surface area contributed by atoms with Crippen LogP contribution in [0.2, 0.25) is 18.1 Å². The molecule has 1 aliphatic heterocycles. The molecule has 0 radical (unpaired) electrons. The van der Waals surface area contributed by atoms with Gasteiger partial charge >= 0.3 is 0 Å². The van der Waals surface area contributed by atoms with Gasteiger partial charge in [-0.2, -0.15) is 0 Å². The number of benzene rings is 3. The van der Waals surface area contributed by atoms with Crippen LogP contribution in [0.3, 0.4) is 0 Å². The van der Waals surface area contributed by atoms with E-state index in [0.29, 0.717) is 50.2 Å². The minimum Gasteiger partial charge on any atom is -0.494 e. The highest BCUT2D eigenvalue weighted by molar-refractivity contribution is 6.74. The fraction of sp³-hybridized carbons (Fsp3) is 0.362. The Balaban J connectivity index is 1.09. The van der Waals surface area contributed by atoms with Gasteiger partial charge in [-0.15, -0.1) is 10.2 Å². The molecule has 0 N–H and O–H groups in total. The van der Waals surface area contributed by atoms with Crippen molar-refractivity contribution in [1.82, 2.24) is 30.0 Å². The summed E-state index contributed by atoms with van der Waals surface area (Å²) < 4.78 is 34.9. The van der Waals surface area contributed by atoms with Crippen LogP contribution in [-0.4, -0.2) is 64.7 Å². The molecule has 0 saturated carbocycles. The first kappa shape index (κ1) is 41.3. The summed E-state index contributed by atoms with van der Waals surface area (Å²) in [6.45, 7) is 14.2. The van der Waals surface area contributed by atoms with E-state index in [0.717, 1.165) is 83.8 Å². The van der Waals surface area contributed by atoms with Crippen LogP contribution in [0.25, 0.3) is 23.0 Å². The number of aromatic nitrogens is 6. The molecule has 6 aromatic rings. The predicted molar refractivity (Wildman–Crippen MR) is 232 cm³/mol. The molecule has 0 saturated heterocycles. The van der Waals surface area contributed by atoms with E-state index < -0.39 is 8.32 Å². The number of rotatable bonds is 4. The van der Waals surface area contributed by atoms with Crippen molar-refractivity contribution in [2.24, 2.45) is 0 Å². The van der Waals surface area contributed by atoms with Gasteiger partial charge in [0, 0.05) is 29.8 Å². The lowest BCUT2D eigenvalue weighted by atomic mass is 10.1. The summed E-state index contributed by atoms with van der Waals surface area (Å²) in [5.74, 6) is 2.96. The minimum absolute atomic E-state index is 0.122. The molecule has 306 valence electrons. The Morgan fingerprint density at radius 3 is 1.93 bits per heavy atom. The Bertz CT molecular complexity index is 2180. The molecule has 0 unspecified atom stereocenters. The summed E-state index contributed by atoms with van der Waals surface area (Å²) >= 11 is 0. The van der Waals surface area contributed by atoms with Gasteiger partial charge in [0.1, 0.15) is 28.6 Å². The number of hydrogen-bond donors (Lipinski definition) is 0. The minimum atomic E-state index is -1.94. The third kappa shape index (κ3) is 11.4. The van der Waals surface area contributed by atoms with Gasteiger partial charge < -0.3 is 23.4 Å². The molecule has 1 aliphatic rings. The van der Waals surface area contributed by atoms with Gasteiger partial charge in [0.25, 0.3) is 0 Å². The zero-order chi connectivity index (χ0) is 41.1. The van der Waals surface area contributed by atoms with Crippen molar-refractivity contribution in [2.45, 2.75) is 84.0 Å². The van der Waals surface area contributed by atoms with E-state index in [1.165, 1.54) is 0 Å². The zero-order valence-electron chi connectivity index (χ0n) is 34.8. The van der Waals surface area contributed by atoms with Crippen molar-refractivity contribution in [3.05, 3.63) is 132 Å². The lowest BCUT2D eigenvalue weighted by Gasteiger charge is -2.36. The fourth-order valence-corrected chi connectivity index (χ4v) is 7.18. The van der Waals surface area contributed by atoms with Gasteiger partial charge in [-0.05, 0) is 104 Å². The van der Waals surface area contributed by atoms with Crippen molar-refractivity contribution >= 4 is 20.0 Å². The van der Waals surface area contributed by atoms with E-state index in [1.54, 1.807) is 9.36 Å². The smallest absolute Gasteiger partial charge is 0.192 e. The molecule has 0 fully saturated rings. The summed E-state index contributed by atoms with van der Waals surface area (Å²) in [5, 5.41) is 18.2. The molecule has 2 aromatic heterocycles. The number of fused-ring (bicyclic) bond motifs is 12. The Hall–Kier alpha value is -5.90. The molecule has 3 heterocycles. The Labute approximate surface area is 349 Å². The van der Waals surface area contributed by atoms with Gasteiger partial charge in [-0.1, -0.05) is 73.7 Å². The summed E-state index contributed by atoms with van der Waals surface area (Å²) in [6.07, 6.45) is 11.3. The molecule has 11 nitrogen and oxygen atoms in total. The zero-order valence-corrected chi connectivity index (χ0v) is 35.8. The second-order valence-electron chi connectivity index (χ2n) is 16.3. The van der Waals surface area contributed by atoms with Gasteiger partial charge in [0.05, 0.1) is 56.8 Å². The van der Waals surface area contributed by atoms with E-state index >= 15 is 0 Å². The third-order valence-electron chi connectivity index (χ3n) is 10.7. The molecule has 4 aromatic carbocycles. The van der Waals surface area contributed by atoms with Gasteiger partial charge in [0.2, 0.25) is 0 Å². The number of hydrogen-bond acceptors (Lipinski definition) is 9. The number of nitrogens with zero attached hydrogens (tertiary/aromatic N) is 6. The van der Waals surface area contributed by atoms with Crippen LogP contribution < -0.4 is 18.9 Å². The molecular formula is C47H54N6O5Si. The average molecular weight is 811 g/mol. The van der Waals surface area contributed by atoms with Gasteiger partial charge in [-0.3, -0.25) is 0 Å². The molecule has 0 atom stereocenters. The molecule has 10 bridgehead atoms. The lowest BCUT2D eigenvalue weighted by Crippen LogP contribution is -2.40. The lowest BCUT2D eigenvalue weighted by molar-refractivity contribution is 0.263. The Morgan fingerprint density at radius 1 is 0.678 bits per heavy atom. The highest BCUT2D eigenvalue weighted by Crippen LogP contribution is 2.37. The molecular weight excluding hydrogens is 757 g/mol. The molecule has 0 spiro atoms. The van der Waals surface area contributed by atoms with Gasteiger partial charge in [-0.25, -0.2) is 9.36 Å². The van der Waals surface area contributed by atoms with Crippen molar-refractivity contribution in [3.63, 3.8) is 0 Å². The van der Waals surface area contributed by atoms with Crippen molar-refractivity contribution in [3.8, 4) is 34.4 Å². The predicted octanol–water partition coefficient (Wildman–Crippen LogP) is 10.1. The van der Waals surface area contributed by atoms with Crippen LogP contribution in [0.1, 0.15) is 81.8 Å². The second kappa shape index (κ2) is 19.2. The third-order valence-corrected chi connectivity index (χ3v) is 15.2. The Kier molecular flexibility index (Phi) is 13.5. The van der Waals surface area contributed by atoms with Gasteiger partial charge in [0.15, 0.2) is 14.1 Å². The second-order valence-corrected chi connectivity index (χ2v) is 21.1. The maximum Gasteiger partial charge on any atom is 0.192 e. The maximum atomic E-state index is 6.57. The topological polar surface area (TPSA) is 108 Å². The SMILES string of the molecule is CC(C)(C)[Si](C)(C)OCc1cc2cc(c1)OCCCCCOc1cccc(c1)-n1cc(nn1)/C(=C\c1ccccc1)c1cn(nn1)-c1cc#cc(c1)OCCCCCO2. The van der Waals surface area contributed by atoms with E-state index in [4.69, 9.17) is 23.4 Å². The van der Waals surface area contributed by atoms with Crippen LogP contribution in [0.15, 0.2) is 97.3 Å². The van der Waals surface area contributed by atoms with Crippen LogP contribution in [-0.2, 0) is 11.0 Å². The van der Waals surface area contributed by atoms with Crippen LogP contribution in [0.5, 0.6) is 23.0 Å². The van der Waals surface area contributed by atoms with E-state index in [2.05, 4.69) is 78.8 Å². The first-order chi connectivity index (χ1) is 28.6. The molecule has 12 heteroatoms. The quantitative estimate of drug-likeness (QED) is 0.161. The maximum absolute atomic E-state index is 6.57. The van der Waals surface area contributed by atoms with Crippen LogP contribution in [0.4, 0.5) is 0 Å². The first-order valence-corrected chi connectivity index (χ1v) is 23.5. The molecule has 0 amide bonds. The highest BCUT2D eigenvalue weighted by atomic mass is 28.4. The van der Waals surface area contributed by atoms with Crippen LogP contribution >= 0.6 is 0 Å². The summed E-state index contributed by atoms with van der Waals surface area (Å²) in [4.78, 5) is 0. The normalized spacial score (nSPS) is 15.4. The largest absolute Gasteiger partial charge is 0.494 e. The van der Waals surface area contributed by atoms with E-state index in [-0.39, 0.29) is 5.04 Å². The van der Waals surface area contributed by atoms with Crippen molar-refractivity contribution in [2.75, 3.05) is 26.4 Å². The van der Waals surface area contributed by atoms with E-state index in [1.807, 2.05) is 91.3 Å². The van der Waals surface area contributed by atoms with Crippen LogP contribution in [0, 0.1) is 12.1 Å². The first-order valence-electron chi connectivity index (χ1n) is 20.6. The summed E-state index contributed by atoms with van der Waals surface area (Å²) in [7, 11) is -1.94. The molecule has 59 heavy (non-hydrogen) atoms. The number of ether oxygens (including phenoxy) is 4. The standard InChI is InChI=1S/C47H54N6O5Si/c1-47(2,3)59(4,5)58-35-37-27-42-32-43(28-37)57-26-14-8-12-24-55-41-22-16-20-39(31-41)53-34-46(49-51-53)44(29-36-17-9-6-10-18-36)45-33-52(50-48-45)38-19-15-21-40(30-38)54-23-11-7-13-25-56-42/h6,9-10,15,17-21,27-34H,7-8,11-14,23-26,35H2,1-5H3/b44-29+. The molecule has 0 aliphatic carbocycles. The Morgan fingerprint density at radius 2 is 1.29 bits per heavy atom. The summed E-state index contributed by atoms with van der Waals surface area (Å²) in [5.41, 5.74) is 5.72. The van der Waals surface area contributed by atoms with Crippen molar-refractivity contribution in [1.29, 1.82) is 0 Å². The van der Waals surface area contributed by atoms with Crippen molar-refractivity contribution < 1.29 is 23.4 Å². The fourth-order valence-electron chi connectivity index (χ4n) is 6.22.